The molecule has 0 saturated carbocycles. The molecule has 1 aliphatic rings. The molecular formula is C91H152N18O18. The molecule has 0 spiro atoms. The number of carbonyl (C=O) groups excluding carboxylic acids is 12. The SMILES string of the molecule is CC(C)(C)OC(=O)C(CCC(=O)N[C@@H](CCCCNC(=O)OCc1ccccc1)C(=O)N(CCCN)CCCN)N1CCN(C(CCC(=O)N[C@@H](CCCCNC(=O)OCc2ccccc2)C(=O)N(CCCN)CCCN)C(=O)OC(C)(C)C)N(C(CCC(=O)N[C@@H](CCCCNC(=O)OCc2ccccc2)C(=O)N(CCCN)CCCN)C(=O)OC(C)(C)C)CC1. The highest BCUT2D eigenvalue weighted by atomic mass is 16.6. The summed E-state index contributed by atoms with van der Waals surface area (Å²) in [6, 6.07) is 20.2. The van der Waals surface area contributed by atoms with Crippen LogP contribution in [0.5, 0.6) is 0 Å². The average molecular weight is 1790 g/mol. The van der Waals surface area contributed by atoms with E-state index in [-0.39, 0.29) is 195 Å². The normalized spacial score (nSPS) is 14.2. The third-order valence-electron chi connectivity index (χ3n) is 20.5. The van der Waals surface area contributed by atoms with Crippen LogP contribution in [-0.4, -0.2) is 279 Å². The maximum absolute atomic E-state index is 15.6. The maximum atomic E-state index is 15.6. The Hall–Kier alpha value is -9.66. The van der Waals surface area contributed by atoms with Gasteiger partial charge in [0.1, 0.15) is 72.9 Å². The Morgan fingerprint density at radius 3 is 0.819 bits per heavy atom. The van der Waals surface area contributed by atoms with Gasteiger partial charge in [0.25, 0.3) is 0 Å². The van der Waals surface area contributed by atoms with Crippen LogP contribution in [0.4, 0.5) is 14.4 Å². The summed E-state index contributed by atoms with van der Waals surface area (Å²) in [4.78, 5) is 180. The fourth-order valence-corrected chi connectivity index (χ4v) is 14.2. The van der Waals surface area contributed by atoms with Gasteiger partial charge in [0, 0.05) is 104 Å². The number of unbranched alkanes of at least 4 members (excludes halogenated alkanes) is 3. The number of hydrogen-bond donors (Lipinski definition) is 12. The number of nitrogens with one attached hydrogen (secondary N) is 6. The van der Waals surface area contributed by atoms with E-state index >= 15 is 24.0 Å². The van der Waals surface area contributed by atoms with E-state index in [2.05, 4.69) is 31.9 Å². The van der Waals surface area contributed by atoms with Gasteiger partial charge >= 0.3 is 36.2 Å². The summed E-state index contributed by atoms with van der Waals surface area (Å²) in [6.07, 6.45) is 1.52. The Morgan fingerprint density at radius 2 is 0.575 bits per heavy atom. The maximum Gasteiger partial charge on any atom is 0.407 e. The van der Waals surface area contributed by atoms with Gasteiger partial charge in [-0.1, -0.05) is 91.0 Å². The van der Waals surface area contributed by atoms with Crippen molar-refractivity contribution in [3.8, 4) is 0 Å². The van der Waals surface area contributed by atoms with E-state index in [0.29, 0.717) is 77.0 Å². The van der Waals surface area contributed by atoms with Crippen LogP contribution in [0.15, 0.2) is 91.0 Å². The van der Waals surface area contributed by atoms with Crippen LogP contribution in [-0.2, 0) is 91.4 Å². The van der Waals surface area contributed by atoms with Crippen LogP contribution in [0.2, 0.25) is 0 Å². The number of hydrazine groups is 1. The number of rotatable bonds is 60. The first-order chi connectivity index (χ1) is 60.6. The monoisotopic (exact) mass is 1790 g/mol. The summed E-state index contributed by atoms with van der Waals surface area (Å²) >= 11 is 0. The summed E-state index contributed by atoms with van der Waals surface area (Å²) in [7, 11) is 0. The van der Waals surface area contributed by atoms with Crippen LogP contribution in [0.1, 0.15) is 214 Å². The number of amides is 9. The van der Waals surface area contributed by atoms with Gasteiger partial charge in [-0.3, -0.25) is 48.1 Å². The van der Waals surface area contributed by atoms with Crippen molar-refractivity contribution in [1.82, 2.24) is 61.5 Å². The lowest BCUT2D eigenvalue weighted by molar-refractivity contribution is -0.186. The predicted molar refractivity (Wildman–Crippen MR) is 485 cm³/mol. The summed E-state index contributed by atoms with van der Waals surface area (Å²) in [5.74, 6) is -5.42. The zero-order valence-electron chi connectivity index (χ0n) is 77.0. The number of nitrogens with zero attached hydrogens (tertiary/aromatic N) is 6. The summed E-state index contributed by atoms with van der Waals surface area (Å²) in [5.41, 5.74) is 34.8. The third-order valence-corrected chi connectivity index (χ3v) is 20.5. The smallest absolute Gasteiger partial charge is 0.407 e. The zero-order valence-corrected chi connectivity index (χ0v) is 77.0. The molecule has 3 unspecified atom stereocenters. The van der Waals surface area contributed by atoms with Crippen LogP contribution >= 0.6 is 0 Å². The van der Waals surface area contributed by atoms with Crippen molar-refractivity contribution in [3.05, 3.63) is 108 Å². The molecule has 1 saturated heterocycles. The highest BCUT2D eigenvalue weighted by Crippen LogP contribution is 2.28. The van der Waals surface area contributed by atoms with Crippen molar-refractivity contribution >= 4 is 71.6 Å². The number of alkyl carbamates (subject to hydrolysis) is 3. The Kier molecular flexibility index (Phi) is 52.6. The third kappa shape index (κ3) is 46.3. The van der Waals surface area contributed by atoms with Gasteiger partial charge in [-0.15, -0.1) is 0 Å². The lowest BCUT2D eigenvalue weighted by atomic mass is 10.0. The van der Waals surface area contributed by atoms with E-state index in [1.54, 1.807) is 91.9 Å². The summed E-state index contributed by atoms with van der Waals surface area (Å²) in [5, 5.41) is 20.4. The Bertz CT molecular complexity index is 3540. The minimum absolute atomic E-state index is 0.0542. The van der Waals surface area contributed by atoms with Gasteiger partial charge in [-0.05, 0) is 234 Å². The zero-order chi connectivity index (χ0) is 93.6. The first kappa shape index (κ1) is 110. The number of ether oxygens (including phenoxy) is 6. The molecule has 0 aliphatic carbocycles. The molecular weight excluding hydrogens is 1630 g/mol. The molecule has 1 heterocycles. The quantitative estimate of drug-likeness (QED) is 0.0185. The first-order valence-corrected chi connectivity index (χ1v) is 45.4. The van der Waals surface area contributed by atoms with Crippen LogP contribution < -0.4 is 66.3 Å². The molecule has 127 heavy (non-hydrogen) atoms. The molecule has 4 rings (SSSR count). The molecule has 36 heteroatoms. The predicted octanol–water partition coefficient (Wildman–Crippen LogP) is 5.62. The molecule has 6 atom stereocenters. The second-order valence-electron chi connectivity index (χ2n) is 34.8. The van der Waals surface area contributed by atoms with Gasteiger partial charge in [0.15, 0.2) is 0 Å². The molecule has 9 amide bonds. The minimum atomic E-state index is -1.45. The average Bonchev–Trinajstić information content (AvgIpc) is 1.74. The van der Waals surface area contributed by atoms with Crippen LogP contribution in [0.25, 0.3) is 0 Å². The lowest BCUT2D eigenvalue weighted by Crippen LogP contribution is -2.60. The number of benzene rings is 3. The standard InChI is InChI=1S/C91H152N18O18/c1-89(2,3)125-83(116)74(40-43-77(110)101-71(80(113)105(55-25-46-92)56-26-47-93)37-19-22-52-98-86(119)122-65-68-31-13-10-14-32-68)104-61-63-108(75(84(117)126-90(4,5)6)41-44-78(111)102-72(81(114)106(57-27-48-94)58-28-49-95)38-20-23-53-99-87(120)123-66-69-33-15-11-16-34-69)109(64-62-104)76(85(118)127-91(7,8)9)42-45-79(112)103-73(82(115)107(59-29-50-96)60-30-51-97)39-21-24-54-100-88(121)124-67-70-35-17-12-18-36-70/h10-18,31-36,71-76H,19-30,37-67,92-97H2,1-9H3,(H,98,119)(H,99,120)(H,100,121)(H,101,110)(H,102,111)(H,103,112)/t71-,72-,73-,74?,75?,76?/m0/s1. The number of hydrogen-bond acceptors (Lipinski definition) is 27. The van der Waals surface area contributed by atoms with Crippen LogP contribution in [0, 0.1) is 0 Å². The highest BCUT2D eigenvalue weighted by molar-refractivity contribution is 5.90. The highest BCUT2D eigenvalue weighted by Gasteiger charge is 2.45. The fourth-order valence-electron chi connectivity index (χ4n) is 14.2. The van der Waals surface area contributed by atoms with E-state index in [9.17, 15) is 33.6 Å². The largest absolute Gasteiger partial charge is 0.459 e. The molecule has 714 valence electrons. The fraction of sp³-hybridized carbons (Fsp3) is 0.670. The second kappa shape index (κ2) is 61.0. The summed E-state index contributed by atoms with van der Waals surface area (Å²) in [6.45, 7) is 18.6. The van der Waals surface area contributed by atoms with Crippen molar-refractivity contribution in [1.29, 1.82) is 0 Å². The van der Waals surface area contributed by atoms with E-state index in [1.165, 1.54) is 0 Å². The Morgan fingerprint density at radius 1 is 0.331 bits per heavy atom. The van der Waals surface area contributed by atoms with Crippen molar-refractivity contribution in [3.63, 3.8) is 0 Å². The molecule has 1 fully saturated rings. The Labute approximate surface area is 752 Å². The van der Waals surface area contributed by atoms with Crippen molar-refractivity contribution in [2.24, 2.45) is 34.4 Å². The van der Waals surface area contributed by atoms with Crippen LogP contribution in [0.3, 0.4) is 0 Å². The van der Waals surface area contributed by atoms with Crippen molar-refractivity contribution < 1.29 is 86.0 Å². The van der Waals surface area contributed by atoms with Gasteiger partial charge < -0.3 is 109 Å². The van der Waals surface area contributed by atoms with Gasteiger partial charge in [-0.2, -0.15) is 0 Å². The van der Waals surface area contributed by atoms with Crippen molar-refractivity contribution in [2.45, 2.75) is 270 Å². The minimum Gasteiger partial charge on any atom is -0.459 e. The molecule has 3 aromatic carbocycles. The van der Waals surface area contributed by atoms with Gasteiger partial charge in [0.2, 0.25) is 35.4 Å². The van der Waals surface area contributed by atoms with Gasteiger partial charge in [-0.25, -0.2) is 24.4 Å². The van der Waals surface area contributed by atoms with E-state index < -0.39 is 132 Å². The number of nitrogens with two attached hydrogens (primary N) is 6. The lowest BCUT2D eigenvalue weighted by Gasteiger charge is -2.42. The number of carbonyl (C=O) groups is 12. The van der Waals surface area contributed by atoms with Crippen molar-refractivity contribution in [2.75, 3.05) is 124 Å². The van der Waals surface area contributed by atoms with E-state index in [1.807, 2.05) is 91.0 Å². The summed E-state index contributed by atoms with van der Waals surface area (Å²) < 4.78 is 34.9. The molecule has 1 aliphatic heterocycles. The topological polar surface area (TPSA) is 508 Å². The van der Waals surface area contributed by atoms with E-state index in [4.69, 9.17) is 62.8 Å². The molecule has 0 aromatic heterocycles. The van der Waals surface area contributed by atoms with Gasteiger partial charge in [0.05, 0.1) is 0 Å². The van der Waals surface area contributed by atoms with E-state index in [0.717, 1.165) is 16.7 Å². The Balaban J connectivity index is 1.86. The molecule has 18 N–H and O–H groups in total. The molecule has 36 nitrogen and oxygen atoms in total. The molecule has 0 radical (unpaired) electrons. The first-order valence-electron chi connectivity index (χ1n) is 45.4. The molecule has 3 aromatic rings. The number of esters is 3. The molecule has 0 bridgehead atoms. The second-order valence-corrected chi connectivity index (χ2v) is 34.8.